The summed E-state index contributed by atoms with van der Waals surface area (Å²) in [6, 6.07) is 16.0. The molecular weight excluding hydrogens is 328 g/mol. The largest absolute Gasteiger partial charge is 0.485 e. The van der Waals surface area contributed by atoms with Gasteiger partial charge in [-0.2, -0.15) is 0 Å². The van der Waals surface area contributed by atoms with Crippen LogP contribution in [0.4, 0.5) is 5.69 Å². The number of hydrogen-bond donors (Lipinski definition) is 1. The van der Waals surface area contributed by atoms with Crippen LogP contribution < -0.4 is 19.7 Å². The van der Waals surface area contributed by atoms with Crippen LogP contribution in [0.15, 0.2) is 48.5 Å². The van der Waals surface area contributed by atoms with E-state index in [1.165, 1.54) is 17.7 Å². The molecule has 4 rings (SSSR count). The number of carbonyl (C=O) groups excluding carboxylic acids is 1. The van der Waals surface area contributed by atoms with Gasteiger partial charge in [0.25, 0.3) is 5.91 Å². The van der Waals surface area contributed by atoms with Crippen molar-refractivity contribution in [2.75, 3.05) is 31.1 Å². The second kappa shape index (κ2) is 7.68. The lowest BCUT2D eigenvalue weighted by Gasteiger charge is -2.31. The minimum atomic E-state index is -0.583. The molecule has 0 fully saturated rings. The van der Waals surface area contributed by atoms with E-state index in [9.17, 15) is 4.79 Å². The van der Waals surface area contributed by atoms with E-state index < -0.39 is 6.10 Å². The van der Waals surface area contributed by atoms with Crippen molar-refractivity contribution in [3.8, 4) is 11.5 Å². The lowest BCUT2D eigenvalue weighted by atomic mass is 10.0. The molecule has 1 atom stereocenters. The number of benzene rings is 2. The number of hydrogen-bond acceptors (Lipinski definition) is 4. The minimum absolute atomic E-state index is 0.112. The zero-order valence-electron chi connectivity index (χ0n) is 14.8. The molecule has 0 bridgehead atoms. The Kier molecular flexibility index (Phi) is 4.95. The molecular formula is C21H24N2O3. The van der Waals surface area contributed by atoms with Gasteiger partial charge in [0, 0.05) is 25.3 Å². The van der Waals surface area contributed by atoms with E-state index in [0.717, 1.165) is 25.9 Å². The number of carbonyl (C=O) groups is 1. The molecule has 136 valence electrons. The number of nitrogens with zero attached hydrogens (tertiary/aromatic N) is 1. The zero-order valence-corrected chi connectivity index (χ0v) is 14.8. The van der Waals surface area contributed by atoms with Crippen LogP contribution in [-0.4, -0.2) is 38.3 Å². The molecule has 5 heteroatoms. The Morgan fingerprint density at radius 3 is 2.85 bits per heavy atom. The first kappa shape index (κ1) is 16.8. The van der Waals surface area contributed by atoms with Crippen LogP contribution in [0.5, 0.6) is 11.5 Å². The number of aryl methyl sites for hydroxylation is 1. The Labute approximate surface area is 153 Å². The average Bonchev–Trinajstić information content (AvgIpc) is 2.70. The topological polar surface area (TPSA) is 50.8 Å². The Hall–Kier alpha value is -2.69. The summed E-state index contributed by atoms with van der Waals surface area (Å²) in [4.78, 5) is 14.7. The maximum Gasteiger partial charge on any atom is 0.264 e. The van der Waals surface area contributed by atoms with Gasteiger partial charge in [-0.3, -0.25) is 4.79 Å². The summed E-state index contributed by atoms with van der Waals surface area (Å²) in [7, 11) is 0. The Morgan fingerprint density at radius 2 is 1.92 bits per heavy atom. The summed E-state index contributed by atoms with van der Waals surface area (Å²) in [5, 5.41) is 2.98. The van der Waals surface area contributed by atoms with E-state index >= 15 is 0 Å². The van der Waals surface area contributed by atoms with Crippen molar-refractivity contribution in [3.05, 3.63) is 54.1 Å². The van der Waals surface area contributed by atoms with Crippen molar-refractivity contribution in [2.45, 2.75) is 25.4 Å². The average molecular weight is 352 g/mol. The smallest absolute Gasteiger partial charge is 0.264 e. The van der Waals surface area contributed by atoms with E-state index in [-0.39, 0.29) is 12.5 Å². The van der Waals surface area contributed by atoms with Gasteiger partial charge in [0.05, 0.1) is 0 Å². The van der Waals surface area contributed by atoms with Crippen LogP contribution in [0.25, 0.3) is 0 Å². The third kappa shape index (κ3) is 3.62. The van der Waals surface area contributed by atoms with Gasteiger partial charge in [-0.25, -0.2) is 0 Å². The maximum atomic E-state index is 12.3. The van der Waals surface area contributed by atoms with E-state index in [1.54, 1.807) is 0 Å². The molecule has 0 aliphatic carbocycles. The molecule has 2 heterocycles. The standard InChI is InChI=1S/C21H24N2O3/c24-21(20-15-25-18-10-3-4-11-19(18)26-20)22-12-6-14-23-13-5-8-16-7-1-2-9-17(16)23/h1-4,7,9-11,20H,5-6,8,12-15H2,(H,22,24)/t20-/m0/s1. The Balaban J connectivity index is 1.24. The lowest BCUT2D eigenvalue weighted by molar-refractivity contribution is -0.130. The molecule has 0 radical (unpaired) electrons. The highest BCUT2D eigenvalue weighted by Gasteiger charge is 2.26. The van der Waals surface area contributed by atoms with Crippen LogP contribution in [0.2, 0.25) is 0 Å². The van der Waals surface area contributed by atoms with Crippen molar-refractivity contribution >= 4 is 11.6 Å². The summed E-state index contributed by atoms with van der Waals surface area (Å²) in [6.07, 6.45) is 2.67. The predicted molar refractivity (Wildman–Crippen MR) is 101 cm³/mol. The minimum Gasteiger partial charge on any atom is -0.485 e. The maximum absolute atomic E-state index is 12.3. The van der Waals surface area contributed by atoms with Gasteiger partial charge in [0.2, 0.25) is 6.10 Å². The number of nitrogens with one attached hydrogen (secondary N) is 1. The molecule has 1 N–H and O–H groups in total. The monoisotopic (exact) mass is 352 g/mol. The molecule has 26 heavy (non-hydrogen) atoms. The quantitative estimate of drug-likeness (QED) is 0.841. The van der Waals surface area contributed by atoms with Crippen LogP contribution >= 0.6 is 0 Å². The van der Waals surface area contributed by atoms with Crippen molar-refractivity contribution in [3.63, 3.8) is 0 Å². The van der Waals surface area contributed by atoms with Gasteiger partial charge in [0.15, 0.2) is 11.5 Å². The molecule has 0 aromatic heterocycles. The number of rotatable bonds is 5. The number of anilines is 1. The van der Waals surface area contributed by atoms with Crippen molar-refractivity contribution in [1.82, 2.24) is 5.32 Å². The lowest BCUT2D eigenvalue weighted by Crippen LogP contribution is -2.44. The summed E-state index contributed by atoms with van der Waals surface area (Å²) in [5.74, 6) is 1.21. The van der Waals surface area contributed by atoms with Crippen molar-refractivity contribution in [2.24, 2.45) is 0 Å². The zero-order chi connectivity index (χ0) is 17.8. The molecule has 0 unspecified atom stereocenters. The number of fused-ring (bicyclic) bond motifs is 2. The van der Waals surface area contributed by atoms with E-state index in [0.29, 0.717) is 18.0 Å². The van der Waals surface area contributed by atoms with Crippen molar-refractivity contribution < 1.29 is 14.3 Å². The Morgan fingerprint density at radius 1 is 1.12 bits per heavy atom. The first-order valence-electron chi connectivity index (χ1n) is 9.30. The molecule has 0 saturated carbocycles. The first-order valence-corrected chi connectivity index (χ1v) is 9.30. The SMILES string of the molecule is O=C(NCCCN1CCCc2ccccc21)[C@@H]1COc2ccccc2O1. The number of para-hydroxylation sites is 3. The highest BCUT2D eigenvalue weighted by atomic mass is 16.6. The fraction of sp³-hybridized carbons (Fsp3) is 0.381. The van der Waals surface area contributed by atoms with E-state index in [4.69, 9.17) is 9.47 Å². The summed E-state index contributed by atoms with van der Waals surface area (Å²) < 4.78 is 11.3. The van der Waals surface area contributed by atoms with Gasteiger partial charge >= 0.3 is 0 Å². The van der Waals surface area contributed by atoms with Gasteiger partial charge in [-0.05, 0) is 43.0 Å². The van der Waals surface area contributed by atoms with Gasteiger partial charge in [-0.1, -0.05) is 30.3 Å². The molecule has 2 aliphatic rings. The predicted octanol–water partition coefficient (Wildman–Crippen LogP) is 2.79. The van der Waals surface area contributed by atoms with Crippen LogP contribution in [-0.2, 0) is 11.2 Å². The molecule has 2 aromatic rings. The van der Waals surface area contributed by atoms with Crippen LogP contribution in [0.1, 0.15) is 18.4 Å². The fourth-order valence-electron chi connectivity index (χ4n) is 3.59. The van der Waals surface area contributed by atoms with Crippen molar-refractivity contribution in [1.29, 1.82) is 0 Å². The molecule has 0 spiro atoms. The van der Waals surface area contributed by atoms with Gasteiger partial charge in [0.1, 0.15) is 6.61 Å². The van der Waals surface area contributed by atoms with E-state index in [1.807, 2.05) is 24.3 Å². The second-order valence-electron chi connectivity index (χ2n) is 6.73. The third-order valence-corrected chi connectivity index (χ3v) is 4.91. The summed E-state index contributed by atoms with van der Waals surface area (Å²) in [5.41, 5.74) is 2.76. The fourth-order valence-corrected chi connectivity index (χ4v) is 3.59. The summed E-state index contributed by atoms with van der Waals surface area (Å²) in [6.45, 7) is 2.92. The van der Waals surface area contributed by atoms with Gasteiger partial charge in [-0.15, -0.1) is 0 Å². The summed E-state index contributed by atoms with van der Waals surface area (Å²) >= 11 is 0. The normalized spacial score (nSPS) is 18.2. The Bertz CT molecular complexity index is 777. The molecule has 2 aliphatic heterocycles. The van der Waals surface area contributed by atoms with E-state index in [2.05, 4.69) is 34.5 Å². The highest BCUT2D eigenvalue weighted by Crippen LogP contribution is 2.31. The molecule has 2 aromatic carbocycles. The molecule has 0 saturated heterocycles. The first-order chi connectivity index (χ1) is 12.8. The van der Waals surface area contributed by atoms with Gasteiger partial charge < -0.3 is 19.7 Å². The third-order valence-electron chi connectivity index (χ3n) is 4.91. The molecule has 1 amide bonds. The highest BCUT2D eigenvalue weighted by molar-refractivity contribution is 5.81. The second-order valence-corrected chi connectivity index (χ2v) is 6.73. The number of amides is 1. The van der Waals surface area contributed by atoms with Crippen LogP contribution in [0, 0.1) is 0 Å². The van der Waals surface area contributed by atoms with Crippen LogP contribution in [0.3, 0.4) is 0 Å². The number of ether oxygens (including phenoxy) is 2. The molecule has 5 nitrogen and oxygen atoms in total.